The second kappa shape index (κ2) is 4.39. The van der Waals surface area contributed by atoms with Crippen LogP contribution in [-0.2, 0) is 11.2 Å². The summed E-state index contributed by atoms with van der Waals surface area (Å²) in [4.78, 5) is 11.4. The summed E-state index contributed by atoms with van der Waals surface area (Å²) < 4.78 is 0. The third-order valence-electron chi connectivity index (χ3n) is 4.32. The molecule has 0 spiro atoms. The molecule has 1 fully saturated rings. The molecule has 2 unspecified atom stereocenters. The van der Waals surface area contributed by atoms with E-state index in [9.17, 15) is 4.79 Å². The molecule has 2 N–H and O–H groups in total. The number of carbonyl (C=O) groups excluding carboxylic acids is 1. The van der Waals surface area contributed by atoms with Crippen LogP contribution in [0, 0.1) is 11.8 Å². The summed E-state index contributed by atoms with van der Waals surface area (Å²) in [5.74, 6) is 1.65. The Hall–Kier alpha value is -1.35. The van der Waals surface area contributed by atoms with Crippen LogP contribution in [0.1, 0.15) is 36.9 Å². The van der Waals surface area contributed by atoms with Gasteiger partial charge in [0.1, 0.15) is 0 Å². The van der Waals surface area contributed by atoms with Crippen LogP contribution in [0.2, 0.25) is 0 Å². The van der Waals surface area contributed by atoms with Crippen LogP contribution in [0.4, 0.5) is 5.69 Å². The van der Waals surface area contributed by atoms with Crippen molar-refractivity contribution in [2.45, 2.75) is 32.2 Å². The van der Waals surface area contributed by atoms with Gasteiger partial charge >= 0.3 is 0 Å². The van der Waals surface area contributed by atoms with Gasteiger partial charge in [-0.2, -0.15) is 0 Å². The molecule has 0 radical (unpaired) electrons. The highest BCUT2D eigenvalue weighted by Gasteiger charge is 2.33. The van der Waals surface area contributed by atoms with Crippen LogP contribution in [0.5, 0.6) is 0 Å². The van der Waals surface area contributed by atoms with Crippen molar-refractivity contribution in [3.05, 3.63) is 29.3 Å². The zero-order valence-electron chi connectivity index (χ0n) is 11.0. The number of fused-ring (bicyclic) bond motifs is 1. The third-order valence-corrected chi connectivity index (χ3v) is 4.32. The maximum Gasteiger partial charge on any atom is 0.228 e. The lowest BCUT2D eigenvalue weighted by molar-refractivity contribution is -0.115. The van der Waals surface area contributed by atoms with Gasteiger partial charge in [-0.3, -0.25) is 4.79 Å². The van der Waals surface area contributed by atoms with Crippen LogP contribution in [0.15, 0.2) is 18.2 Å². The summed E-state index contributed by atoms with van der Waals surface area (Å²) in [5.41, 5.74) is 3.44. The van der Waals surface area contributed by atoms with E-state index in [4.69, 9.17) is 0 Å². The molecule has 0 aromatic heterocycles. The first-order valence-electron chi connectivity index (χ1n) is 6.79. The molecule has 1 aliphatic carbocycles. The highest BCUT2D eigenvalue weighted by molar-refractivity contribution is 5.99. The Labute approximate surface area is 108 Å². The maximum atomic E-state index is 11.4. The number of carbonyl (C=O) groups is 1. The van der Waals surface area contributed by atoms with E-state index in [0.717, 1.165) is 17.2 Å². The summed E-state index contributed by atoms with van der Waals surface area (Å²) in [6.45, 7) is 2.33. The molecule has 2 aliphatic rings. The summed E-state index contributed by atoms with van der Waals surface area (Å²) in [5, 5.41) is 6.32. The average molecular weight is 244 g/mol. The first-order valence-corrected chi connectivity index (χ1v) is 6.79. The first-order chi connectivity index (χ1) is 8.69. The van der Waals surface area contributed by atoms with Gasteiger partial charge in [0.2, 0.25) is 5.91 Å². The van der Waals surface area contributed by atoms with Gasteiger partial charge in [-0.1, -0.05) is 19.1 Å². The molecule has 1 aromatic rings. The molecule has 1 saturated carbocycles. The topological polar surface area (TPSA) is 41.1 Å². The molecular formula is C15H20N2O. The van der Waals surface area contributed by atoms with Crippen molar-refractivity contribution in [2.24, 2.45) is 11.8 Å². The van der Waals surface area contributed by atoms with Crippen LogP contribution in [0.25, 0.3) is 0 Å². The van der Waals surface area contributed by atoms with Crippen molar-refractivity contribution in [1.29, 1.82) is 0 Å². The average Bonchev–Trinajstić information content (AvgIpc) is 3.12. The van der Waals surface area contributed by atoms with E-state index < -0.39 is 0 Å². The monoisotopic (exact) mass is 244 g/mol. The molecule has 3 heteroatoms. The number of nitrogens with one attached hydrogen (secondary N) is 2. The summed E-state index contributed by atoms with van der Waals surface area (Å²) in [6, 6.07) is 6.77. The molecule has 0 bridgehead atoms. The molecule has 3 nitrogen and oxygen atoms in total. The molecule has 18 heavy (non-hydrogen) atoms. The van der Waals surface area contributed by atoms with Crippen LogP contribution in [-0.4, -0.2) is 13.0 Å². The first kappa shape index (κ1) is 11.7. The molecule has 3 rings (SSSR count). The van der Waals surface area contributed by atoms with E-state index in [1.54, 1.807) is 0 Å². The number of rotatable bonds is 4. The maximum absolute atomic E-state index is 11.4. The standard InChI is InChI=1S/C15H20N2O/c1-9(10-3-4-10)15(16-2)11-5-6-13-12(7-11)8-14(18)17-13/h5-7,9-10,15-16H,3-4,8H2,1-2H3,(H,17,18). The minimum atomic E-state index is 0.110. The number of hydrogen-bond acceptors (Lipinski definition) is 2. The minimum Gasteiger partial charge on any atom is -0.326 e. The zero-order valence-corrected chi connectivity index (χ0v) is 11.0. The highest BCUT2D eigenvalue weighted by Crippen LogP contribution is 2.43. The second-order valence-electron chi connectivity index (χ2n) is 5.60. The van der Waals surface area contributed by atoms with Crippen molar-refractivity contribution in [3.8, 4) is 0 Å². The van der Waals surface area contributed by atoms with Crippen molar-refractivity contribution < 1.29 is 4.79 Å². The number of amides is 1. The number of hydrogen-bond donors (Lipinski definition) is 2. The lowest BCUT2D eigenvalue weighted by atomic mass is 9.89. The highest BCUT2D eigenvalue weighted by atomic mass is 16.1. The van der Waals surface area contributed by atoms with Gasteiger partial charge in [-0.05, 0) is 48.9 Å². The molecule has 1 amide bonds. The summed E-state index contributed by atoms with van der Waals surface area (Å²) >= 11 is 0. The van der Waals surface area contributed by atoms with Gasteiger partial charge in [-0.25, -0.2) is 0 Å². The van der Waals surface area contributed by atoms with Crippen LogP contribution >= 0.6 is 0 Å². The van der Waals surface area contributed by atoms with E-state index in [0.29, 0.717) is 18.4 Å². The van der Waals surface area contributed by atoms with Crippen molar-refractivity contribution in [1.82, 2.24) is 5.32 Å². The van der Waals surface area contributed by atoms with Gasteiger partial charge in [0.15, 0.2) is 0 Å². The Balaban J connectivity index is 1.86. The molecule has 1 aliphatic heterocycles. The second-order valence-corrected chi connectivity index (χ2v) is 5.60. The van der Waals surface area contributed by atoms with Gasteiger partial charge in [-0.15, -0.1) is 0 Å². The normalized spacial score (nSPS) is 21.3. The van der Waals surface area contributed by atoms with E-state index in [1.807, 2.05) is 13.1 Å². The smallest absolute Gasteiger partial charge is 0.228 e. The Kier molecular flexibility index (Phi) is 2.86. The van der Waals surface area contributed by atoms with Crippen molar-refractivity contribution >= 4 is 11.6 Å². The predicted octanol–water partition coefficient (Wildman–Crippen LogP) is 2.49. The lowest BCUT2D eigenvalue weighted by Gasteiger charge is -2.24. The van der Waals surface area contributed by atoms with Crippen LogP contribution < -0.4 is 10.6 Å². The summed E-state index contributed by atoms with van der Waals surface area (Å²) in [6.07, 6.45) is 3.26. The molecule has 0 saturated heterocycles. The molecular weight excluding hydrogens is 224 g/mol. The Bertz CT molecular complexity index is 479. The minimum absolute atomic E-state index is 0.110. The van der Waals surface area contributed by atoms with E-state index in [-0.39, 0.29) is 5.91 Å². The Morgan fingerprint density at radius 1 is 1.39 bits per heavy atom. The predicted molar refractivity (Wildman–Crippen MR) is 72.5 cm³/mol. The van der Waals surface area contributed by atoms with E-state index in [2.05, 4.69) is 29.7 Å². The quantitative estimate of drug-likeness (QED) is 0.854. The molecule has 1 aromatic carbocycles. The summed E-state index contributed by atoms with van der Waals surface area (Å²) in [7, 11) is 2.03. The Morgan fingerprint density at radius 3 is 2.83 bits per heavy atom. The van der Waals surface area contributed by atoms with Crippen molar-refractivity contribution in [3.63, 3.8) is 0 Å². The SMILES string of the molecule is CNC(c1ccc2c(c1)CC(=O)N2)C(C)C1CC1. The molecule has 96 valence electrons. The fourth-order valence-electron chi connectivity index (χ4n) is 3.07. The van der Waals surface area contributed by atoms with Gasteiger partial charge in [0, 0.05) is 11.7 Å². The number of anilines is 1. The fraction of sp³-hybridized carbons (Fsp3) is 0.533. The van der Waals surface area contributed by atoms with E-state index in [1.165, 1.54) is 18.4 Å². The molecule has 2 atom stereocenters. The van der Waals surface area contributed by atoms with E-state index >= 15 is 0 Å². The fourth-order valence-corrected chi connectivity index (χ4v) is 3.07. The third kappa shape index (κ3) is 2.03. The van der Waals surface area contributed by atoms with Crippen LogP contribution in [0.3, 0.4) is 0 Å². The largest absolute Gasteiger partial charge is 0.326 e. The van der Waals surface area contributed by atoms with Crippen molar-refractivity contribution in [2.75, 3.05) is 12.4 Å². The van der Waals surface area contributed by atoms with Gasteiger partial charge in [0.05, 0.1) is 6.42 Å². The molecule has 1 heterocycles. The zero-order chi connectivity index (χ0) is 12.7. The number of benzene rings is 1. The lowest BCUT2D eigenvalue weighted by Crippen LogP contribution is -2.24. The van der Waals surface area contributed by atoms with Gasteiger partial charge in [0.25, 0.3) is 0 Å². The van der Waals surface area contributed by atoms with Gasteiger partial charge < -0.3 is 10.6 Å². The Morgan fingerprint density at radius 2 is 2.17 bits per heavy atom.